The quantitative estimate of drug-likeness (QED) is 0.875. The Bertz CT molecular complexity index is 791. The largest absolute Gasteiger partial charge is 0.479 e. The summed E-state index contributed by atoms with van der Waals surface area (Å²) < 4.78 is 6.34. The number of anilines is 2. The van der Waals surface area contributed by atoms with Gasteiger partial charge in [-0.05, 0) is 47.1 Å². The van der Waals surface area contributed by atoms with Gasteiger partial charge in [0.05, 0.1) is 11.3 Å². The summed E-state index contributed by atoms with van der Waals surface area (Å²) in [6, 6.07) is 12.4. The van der Waals surface area contributed by atoms with Crippen LogP contribution in [0.1, 0.15) is 17.3 Å². The molecule has 1 aliphatic rings. The van der Waals surface area contributed by atoms with Gasteiger partial charge < -0.3 is 15.0 Å². The van der Waals surface area contributed by atoms with E-state index in [2.05, 4.69) is 21.2 Å². The number of likely N-dealkylation sites (N-methyl/N-ethyl adjacent to an activating group) is 1. The molecule has 0 aliphatic carbocycles. The van der Waals surface area contributed by atoms with E-state index in [1.807, 2.05) is 12.1 Å². The molecule has 0 bridgehead atoms. The van der Waals surface area contributed by atoms with Gasteiger partial charge in [-0.1, -0.05) is 12.1 Å². The number of rotatable bonds is 2. The van der Waals surface area contributed by atoms with E-state index in [4.69, 9.17) is 4.74 Å². The van der Waals surface area contributed by atoms with Gasteiger partial charge in [0.15, 0.2) is 6.10 Å². The molecule has 2 aromatic rings. The average Bonchev–Trinajstić information content (AvgIpc) is 2.53. The van der Waals surface area contributed by atoms with Crippen molar-refractivity contribution in [1.82, 2.24) is 0 Å². The number of amides is 2. The highest BCUT2D eigenvalue weighted by atomic mass is 79.9. The van der Waals surface area contributed by atoms with Crippen LogP contribution in [0.3, 0.4) is 0 Å². The Morgan fingerprint density at radius 3 is 2.74 bits per heavy atom. The third-order valence-corrected chi connectivity index (χ3v) is 4.37. The molecule has 1 N–H and O–H groups in total. The molecule has 1 unspecified atom stereocenters. The van der Waals surface area contributed by atoms with E-state index in [1.165, 1.54) is 0 Å². The minimum Gasteiger partial charge on any atom is -0.479 e. The van der Waals surface area contributed by atoms with E-state index in [-0.39, 0.29) is 11.8 Å². The summed E-state index contributed by atoms with van der Waals surface area (Å²) in [5.41, 5.74) is 1.85. The Morgan fingerprint density at radius 2 is 2.00 bits per heavy atom. The molecule has 0 radical (unpaired) electrons. The Morgan fingerprint density at radius 1 is 1.26 bits per heavy atom. The zero-order valence-electron chi connectivity index (χ0n) is 12.7. The molecule has 2 amide bonds. The first-order valence-corrected chi connectivity index (χ1v) is 7.91. The number of carbonyl (C=O) groups excluding carboxylic acids is 2. The van der Waals surface area contributed by atoms with Crippen molar-refractivity contribution in [3.8, 4) is 5.75 Å². The van der Waals surface area contributed by atoms with Gasteiger partial charge in [-0.25, -0.2) is 0 Å². The van der Waals surface area contributed by atoms with E-state index in [9.17, 15) is 9.59 Å². The number of halogens is 1. The number of carbonyl (C=O) groups is 2. The second kappa shape index (κ2) is 6.04. The van der Waals surface area contributed by atoms with Crippen LogP contribution in [0.2, 0.25) is 0 Å². The fraction of sp³-hybridized carbons (Fsp3) is 0.176. The van der Waals surface area contributed by atoms with Gasteiger partial charge in [0.1, 0.15) is 5.75 Å². The normalized spacial score (nSPS) is 16.6. The van der Waals surface area contributed by atoms with Crippen molar-refractivity contribution in [2.75, 3.05) is 17.3 Å². The fourth-order valence-corrected chi connectivity index (χ4v) is 2.90. The minimum atomic E-state index is -0.540. The Hall–Kier alpha value is -2.34. The third kappa shape index (κ3) is 2.94. The second-order valence-electron chi connectivity index (χ2n) is 5.27. The third-order valence-electron chi connectivity index (χ3n) is 3.68. The molecule has 0 spiro atoms. The van der Waals surface area contributed by atoms with Crippen LogP contribution in [0.25, 0.3) is 0 Å². The van der Waals surface area contributed by atoms with Gasteiger partial charge in [0.25, 0.3) is 11.8 Å². The highest BCUT2D eigenvalue weighted by Crippen LogP contribution is 2.35. The topological polar surface area (TPSA) is 58.6 Å². The Labute approximate surface area is 142 Å². The van der Waals surface area contributed by atoms with E-state index >= 15 is 0 Å². The van der Waals surface area contributed by atoms with Gasteiger partial charge >= 0.3 is 0 Å². The number of nitrogens with zero attached hydrogens (tertiary/aromatic N) is 1. The lowest BCUT2D eigenvalue weighted by Crippen LogP contribution is -2.41. The van der Waals surface area contributed by atoms with E-state index < -0.39 is 6.10 Å². The fourth-order valence-electron chi connectivity index (χ4n) is 2.44. The maximum absolute atomic E-state index is 12.3. The maximum atomic E-state index is 12.3. The Balaban J connectivity index is 1.86. The summed E-state index contributed by atoms with van der Waals surface area (Å²) in [5.74, 6) is 0.262. The van der Waals surface area contributed by atoms with Crippen LogP contribution in [0.5, 0.6) is 5.75 Å². The average molecular weight is 375 g/mol. The minimum absolute atomic E-state index is 0.0949. The molecule has 1 heterocycles. The van der Waals surface area contributed by atoms with Crippen LogP contribution in [0, 0.1) is 0 Å². The SMILES string of the molecule is CC1Oc2cc(NC(=O)c3ccccc3Br)ccc2N(C)C1=O. The predicted octanol–water partition coefficient (Wildman–Crippen LogP) is 3.45. The van der Waals surface area contributed by atoms with Crippen molar-refractivity contribution < 1.29 is 14.3 Å². The highest BCUT2D eigenvalue weighted by Gasteiger charge is 2.29. The van der Waals surface area contributed by atoms with Crippen molar-refractivity contribution in [2.24, 2.45) is 0 Å². The van der Waals surface area contributed by atoms with Gasteiger partial charge in [-0.15, -0.1) is 0 Å². The van der Waals surface area contributed by atoms with Crippen molar-refractivity contribution in [1.29, 1.82) is 0 Å². The molecule has 0 aromatic heterocycles. The first-order chi connectivity index (χ1) is 11.0. The van der Waals surface area contributed by atoms with Crippen LogP contribution in [0.4, 0.5) is 11.4 Å². The Kier molecular flexibility index (Phi) is 4.09. The molecule has 2 aromatic carbocycles. The first kappa shape index (κ1) is 15.6. The molecular weight excluding hydrogens is 360 g/mol. The molecule has 0 fully saturated rings. The van der Waals surface area contributed by atoms with Crippen molar-refractivity contribution in [3.63, 3.8) is 0 Å². The maximum Gasteiger partial charge on any atom is 0.267 e. The van der Waals surface area contributed by atoms with E-state index in [0.29, 0.717) is 22.7 Å². The molecule has 118 valence electrons. The summed E-state index contributed by atoms with van der Waals surface area (Å²) in [4.78, 5) is 25.8. The standard InChI is InChI=1S/C17H15BrN2O3/c1-10-17(22)20(2)14-8-7-11(9-15(14)23-10)19-16(21)12-5-3-4-6-13(12)18/h3-10H,1-2H3,(H,19,21). The predicted molar refractivity (Wildman–Crippen MR) is 92.0 cm³/mol. The summed E-state index contributed by atoms with van der Waals surface area (Å²) >= 11 is 3.36. The molecule has 1 atom stereocenters. The van der Waals surface area contributed by atoms with Gasteiger partial charge in [-0.2, -0.15) is 0 Å². The lowest BCUT2D eigenvalue weighted by atomic mass is 10.1. The molecule has 5 nitrogen and oxygen atoms in total. The molecule has 0 saturated heterocycles. The second-order valence-corrected chi connectivity index (χ2v) is 6.13. The lowest BCUT2D eigenvalue weighted by Gasteiger charge is -2.30. The van der Waals surface area contributed by atoms with Gasteiger partial charge in [-0.3, -0.25) is 9.59 Å². The van der Waals surface area contributed by atoms with Crippen LogP contribution in [-0.2, 0) is 4.79 Å². The summed E-state index contributed by atoms with van der Waals surface area (Å²) in [6.07, 6.45) is -0.540. The molecule has 3 rings (SSSR count). The summed E-state index contributed by atoms with van der Waals surface area (Å²) in [5, 5.41) is 2.84. The number of hydrogen-bond donors (Lipinski definition) is 1. The van der Waals surface area contributed by atoms with Crippen molar-refractivity contribution in [3.05, 3.63) is 52.5 Å². The van der Waals surface area contributed by atoms with Crippen LogP contribution < -0.4 is 15.0 Å². The van der Waals surface area contributed by atoms with E-state index in [0.717, 1.165) is 4.47 Å². The van der Waals surface area contributed by atoms with Crippen molar-refractivity contribution in [2.45, 2.75) is 13.0 Å². The number of fused-ring (bicyclic) bond motifs is 1. The molecule has 23 heavy (non-hydrogen) atoms. The van der Waals surface area contributed by atoms with Crippen LogP contribution >= 0.6 is 15.9 Å². The van der Waals surface area contributed by atoms with Crippen LogP contribution in [-0.4, -0.2) is 25.0 Å². The number of ether oxygens (including phenoxy) is 1. The summed E-state index contributed by atoms with van der Waals surface area (Å²) in [7, 11) is 1.71. The highest BCUT2D eigenvalue weighted by molar-refractivity contribution is 9.10. The van der Waals surface area contributed by atoms with Crippen LogP contribution in [0.15, 0.2) is 46.9 Å². The van der Waals surface area contributed by atoms with Gasteiger partial charge in [0, 0.05) is 23.3 Å². The zero-order valence-corrected chi connectivity index (χ0v) is 14.3. The smallest absolute Gasteiger partial charge is 0.267 e. The molecule has 6 heteroatoms. The molecule has 0 saturated carbocycles. The summed E-state index contributed by atoms with van der Waals surface area (Å²) in [6.45, 7) is 1.70. The first-order valence-electron chi connectivity index (χ1n) is 7.11. The number of nitrogens with one attached hydrogen (secondary N) is 1. The number of hydrogen-bond acceptors (Lipinski definition) is 3. The van der Waals surface area contributed by atoms with Gasteiger partial charge in [0.2, 0.25) is 0 Å². The monoisotopic (exact) mass is 374 g/mol. The number of benzene rings is 2. The molecular formula is C17H15BrN2O3. The lowest BCUT2D eigenvalue weighted by molar-refractivity contribution is -0.125. The zero-order chi connectivity index (χ0) is 16.6. The molecule has 1 aliphatic heterocycles. The van der Waals surface area contributed by atoms with Crippen molar-refractivity contribution >= 4 is 39.1 Å². The van der Waals surface area contributed by atoms with E-state index in [1.54, 1.807) is 49.2 Å².